The number of rotatable bonds is 6. The van der Waals surface area contributed by atoms with E-state index in [4.69, 9.17) is 9.84 Å². The van der Waals surface area contributed by atoms with E-state index >= 15 is 0 Å². The molecule has 5 heteroatoms. The number of carbonyl (C=O) groups is 2. The molecule has 0 bridgehead atoms. The summed E-state index contributed by atoms with van der Waals surface area (Å²) >= 11 is 0. The lowest BCUT2D eigenvalue weighted by Gasteiger charge is -2.21. The largest absolute Gasteiger partial charge is 0.481 e. The average molecular weight is 317 g/mol. The van der Waals surface area contributed by atoms with Gasteiger partial charge in [-0.2, -0.15) is 0 Å². The quantitative estimate of drug-likeness (QED) is 0.819. The van der Waals surface area contributed by atoms with Crippen LogP contribution < -0.4 is 4.90 Å². The van der Waals surface area contributed by atoms with Crippen LogP contribution in [0.15, 0.2) is 18.2 Å². The van der Waals surface area contributed by atoms with E-state index in [1.807, 2.05) is 11.0 Å². The summed E-state index contributed by atoms with van der Waals surface area (Å²) in [5.41, 5.74) is 3.45. The Morgan fingerprint density at radius 3 is 2.91 bits per heavy atom. The van der Waals surface area contributed by atoms with Gasteiger partial charge in [-0.3, -0.25) is 9.59 Å². The minimum absolute atomic E-state index is 0.0930. The van der Waals surface area contributed by atoms with Crippen molar-refractivity contribution in [2.24, 2.45) is 0 Å². The number of aryl methyl sites for hydroxylation is 1. The van der Waals surface area contributed by atoms with E-state index in [-0.39, 0.29) is 18.4 Å². The Hall–Kier alpha value is -1.88. The highest BCUT2D eigenvalue weighted by Crippen LogP contribution is 2.31. The lowest BCUT2D eigenvalue weighted by molar-refractivity contribution is -0.137. The maximum Gasteiger partial charge on any atom is 0.303 e. The van der Waals surface area contributed by atoms with E-state index < -0.39 is 5.97 Å². The number of unbranched alkanes of at least 4 members (excludes halogenated alkanes) is 1. The molecule has 2 aliphatic heterocycles. The van der Waals surface area contributed by atoms with Gasteiger partial charge in [0.15, 0.2) is 0 Å². The Kier molecular flexibility index (Phi) is 4.96. The van der Waals surface area contributed by atoms with Crippen LogP contribution in [0.5, 0.6) is 0 Å². The molecule has 124 valence electrons. The van der Waals surface area contributed by atoms with Gasteiger partial charge in [-0.25, -0.2) is 0 Å². The molecule has 1 fully saturated rings. The summed E-state index contributed by atoms with van der Waals surface area (Å²) in [6.07, 6.45) is 5.11. The first kappa shape index (κ1) is 16.0. The van der Waals surface area contributed by atoms with Gasteiger partial charge in [0.05, 0.1) is 0 Å². The topological polar surface area (TPSA) is 66.8 Å². The number of ether oxygens (including phenoxy) is 1. The fourth-order valence-corrected chi connectivity index (χ4v) is 3.39. The highest BCUT2D eigenvalue weighted by molar-refractivity contribution is 5.98. The number of anilines is 1. The number of carboxylic acid groups (broad SMARTS) is 1. The number of amides is 1. The summed E-state index contributed by atoms with van der Waals surface area (Å²) in [6.45, 7) is 1.42. The highest BCUT2D eigenvalue weighted by atomic mass is 16.5. The van der Waals surface area contributed by atoms with Gasteiger partial charge in [-0.15, -0.1) is 0 Å². The van der Waals surface area contributed by atoms with E-state index in [2.05, 4.69) is 12.1 Å². The first-order valence-corrected chi connectivity index (χ1v) is 8.42. The van der Waals surface area contributed by atoms with Gasteiger partial charge < -0.3 is 14.7 Å². The lowest BCUT2D eigenvalue weighted by Crippen LogP contribution is -2.37. The van der Waals surface area contributed by atoms with Crippen molar-refractivity contribution in [3.8, 4) is 0 Å². The maximum atomic E-state index is 12.5. The summed E-state index contributed by atoms with van der Waals surface area (Å²) in [5.74, 6) is -0.641. The minimum Gasteiger partial charge on any atom is -0.481 e. The van der Waals surface area contributed by atoms with Crippen LogP contribution in [0.25, 0.3) is 0 Å². The Morgan fingerprint density at radius 2 is 2.17 bits per heavy atom. The Morgan fingerprint density at radius 1 is 1.30 bits per heavy atom. The molecule has 0 radical (unpaired) electrons. The van der Waals surface area contributed by atoms with Crippen molar-refractivity contribution in [3.05, 3.63) is 29.3 Å². The standard InChI is InChI=1S/C18H23NO4/c20-17(21)6-2-1-4-13-7-8-15-14(12-13)9-10-19(15)18(22)16-5-3-11-23-16/h7-8,12,16H,1-6,9-11H2,(H,20,21). The molecule has 2 aliphatic rings. The highest BCUT2D eigenvalue weighted by Gasteiger charge is 2.32. The van der Waals surface area contributed by atoms with Crippen molar-refractivity contribution in [1.82, 2.24) is 0 Å². The molecule has 1 N–H and O–H groups in total. The molecular weight excluding hydrogens is 294 g/mol. The van der Waals surface area contributed by atoms with Gasteiger partial charge in [0.1, 0.15) is 6.10 Å². The summed E-state index contributed by atoms with van der Waals surface area (Å²) in [7, 11) is 0. The van der Waals surface area contributed by atoms with E-state index in [1.165, 1.54) is 11.1 Å². The number of hydrogen-bond donors (Lipinski definition) is 1. The zero-order valence-electron chi connectivity index (χ0n) is 13.3. The van der Waals surface area contributed by atoms with Crippen molar-refractivity contribution in [2.75, 3.05) is 18.1 Å². The monoisotopic (exact) mass is 317 g/mol. The first-order chi connectivity index (χ1) is 11.1. The smallest absolute Gasteiger partial charge is 0.303 e. The third-order valence-corrected chi connectivity index (χ3v) is 4.62. The molecule has 3 rings (SSSR count). The van der Waals surface area contributed by atoms with Gasteiger partial charge >= 0.3 is 5.97 Å². The molecule has 0 saturated carbocycles. The predicted molar refractivity (Wildman–Crippen MR) is 86.7 cm³/mol. The van der Waals surface area contributed by atoms with Crippen molar-refractivity contribution >= 4 is 17.6 Å². The van der Waals surface area contributed by atoms with Crippen LogP contribution in [0.1, 0.15) is 43.2 Å². The number of carbonyl (C=O) groups excluding carboxylic acids is 1. The summed E-state index contributed by atoms with van der Waals surface area (Å²) < 4.78 is 5.51. The van der Waals surface area contributed by atoms with Gasteiger partial charge in [-0.1, -0.05) is 12.1 Å². The molecule has 5 nitrogen and oxygen atoms in total. The van der Waals surface area contributed by atoms with E-state index in [9.17, 15) is 9.59 Å². The third kappa shape index (κ3) is 3.72. The SMILES string of the molecule is O=C(O)CCCCc1ccc2c(c1)CCN2C(=O)C1CCCO1. The van der Waals surface area contributed by atoms with E-state index in [1.54, 1.807) is 0 Å². The fourth-order valence-electron chi connectivity index (χ4n) is 3.39. The zero-order chi connectivity index (χ0) is 16.2. The van der Waals surface area contributed by atoms with Crippen LogP contribution in [0, 0.1) is 0 Å². The molecule has 1 aromatic carbocycles. The minimum atomic E-state index is -0.734. The normalized spacial score (nSPS) is 19.8. The van der Waals surface area contributed by atoms with Crippen molar-refractivity contribution in [2.45, 2.75) is 51.0 Å². The van der Waals surface area contributed by atoms with Crippen LogP contribution in [-0.4, -0.2) is 36.2 Å². The van der Waals surface area contributed by atoms with E-state index in [0.717, 1.165) is 44.3 Å². The van der Waals surface area contributed by atoms with E-state index in [0.29, 0.717) is 13.0 Å². The molecule has 1 unspecified atom stereocenters. The first-order valence-electron chi connectivity index (χ1n) is 8.42. The third-order valence-electron chi connectivity index (χ3n) is 4.62. The number of hydrogen-bond acceptors (Lipinski definition) is 3. The second-order valence-corrected chi connectivity index (χ2v) is 6.31. The molecule has 1 aromatic rings. The van der Waals surface area contributed by atoms with Crippen LogP contribution in [0.2, 0.25) is 0 Å². The second kappa shape index (κ2) is 7.13. The number of aliphatic carboxylic acids is 1. The van der Waals surface area contributed by atoms with Crippen LogP contribution in [0.4, 0.5) is 5.69 Å². The number of benzene rings is 1. The Labute approximate surface area is 136 Å². The molecule has 0 aromatic heterocycles. The Bertz CT molecular complexity index is 593. The molecule has 0 spiro atoms. The second-order valence-electron chi connectivity index (χ2n) is 6.31. The predicted octanol–water partition coefficient (Wildman–Crippen LogP) is 2.55. The van der Waals surface area contributed by atoms with Gasteiger partial charge in [0.25, 0.3) is 5.91 Å². The van der Waals surface area contributed by atoms with Crippen LogP contribution in [-0.2, 0) is 27.2 Å². The molecular formula is C18H23NO4. The van der Waals surface area contributed by atoms with Crippen molar-refractivity contribution in [1.29, 1.82) is 0 Å². The summed E-state index contributed by atoms with van der Waals surface area (Å²) in [5, 5.41) is 8.66. The van der Waals surface area contributed by atoms with Gasteiger partial charge in [0, 0.05) is 25.3 Å². The van der Waals surface area contributed by atoms with Gasteiger partial charge in [-0.05, 0) is 55.7 Å². The molecule has 1 atom stereocenters. The van der Waals surface area contributed by atoms with Crippen LogP contribution in [0.3, 0.4) is 0 Å². The molecule has 1 amide bonds. The van der Waals surface area contributed by atoms with Gasteiger partial charge in [0.2, 0.25) is 0 Å². The number of nitrogens with zero attached hydrogens (tertiary/aromatic N) is 1. The average Bonchev–Trinajstić information content (AvgIpc) is 3.19. The van der Waals surface area contributed by atoms with Crippen LogP contribution >= 0.6 is 0 Å². The van der Waals surface area contributed by atoms with Crippen molar-refractivity contribution in [3.63, 3.8) is 0 Å². The molecule has 0 aliphatic carbocycles. The number of fused-ring (bicyclic) bond motifs is 1. The fraction of sp³-hybridized carbons (Fsp3) is 0.556. The molecule has 2 heterocycles. The summed E-state index contributed by atoms with van der Waals surface area (Å²) in [6, 6.07) is 6.25. The maximum absolute atomic E-state index is 12.5. The molecule has 23 heavy (non-hydrogen) atoms. The Balaban J connectivity index is 1.60. The molecule has 1 saturated heterocycles. The summed E-state index contributed by atoms with van der Waals surface area (Å²) in [4.78, 5) is 24.9. The van der Waals surface area contributed by atoms with Crippen molar-refractivity contribution < 1.29 is 19.4 Å². The zero-order valence-corrected chi connectivity index (χ0v) is 13.3. The number of carboxylic acids is 1. The lowest BCUT2D eigenvalue weighted by atomic mass is 10.0.